The minimum atomic E-state index is -3.45. The van der Waals surface area contributed by atoms with E-state index in [0.29, 0.717) is 12.4 Å². The van der Waals surface area contributed by atoms with Crippen molar-refractivity contribution in [1.29, 1.82) is 0 Å². The molecule has 0 amide bonds. The first-order valence-electron chi connectivity index (χ1n) is 7.42. The Morgan fingerprint density at radius 3 is 2.58 bits per heavy atom. The van der Waals surface area contributed by atoms with Gasteiger partial charge in [-0.2, -0.15) is 0 Å². The van der Waals surface area contributed by atoms with E-state index in [0.717, 1.165) is 16.3 Å². The summed E-state index contributed by atoms with van der Waals surface area (Å²) in [6.45, 7) is 0.595. The number of hydrogen-bond acceptors (Lipinski definition) is 5. The van der Waals surface area contributed by atoms with Crippen LogP contribution in [-0.4, -0.2) is 36.8 Å². The van der Waals surface area contributed by atoms with Crippen LogP contribution in [0.1, 0.15) is 5.56 Å². The third-order valence-corrected chi connectivity index (χ3v) is 5.49. The monoisotopic (exact) mass is 342 g/mol. The highest BCUT2D eigenvalue weighted by molar-refractivity contribution is 7.89. The number of aromatic nitrogens is 2. The largest absolute Gasteiger partial charge is 0.366 e. The van der Waals surface area contributed by atoms with Crippen molar-refractivity contribution in [2.45, 2.75) is 11.4 Å². The molecule has 0 unspecified atom stereocenters. The van der Waals surface area contributed by atoms with Gasteiger partial charge >= 0.3 is 0 Å². The van der Waals surface area contributed by atoms with Crippen molar-refractivity contribution in [1.82, 2.24) is 14.3 Å². The normalized spacial score (nSPS) is 11.8. The molecule has 6 nitrogen and oxygen atoms in total. The Morgan fingerprint density at radius 1 is 1.04 bits per heavy atom. The van der Waals surface area contributed by atoms with Gasteiger partial charge in [0.2, 0.25) is 10.0 Å². The van der Waals surface area contributed by atoms with E-state index in [2.05, 4.69) is 21.4 Å². The van der Waals surface area contributed by atoms with Gasteiger partial charge in [-0.05, 0) is 35.2 Å². The molecule has 0 saturated heterocycles. The van der Waals surface area contributed by atoms with Crippen molar-refractivity contribution in [3.63, 3.8) is 0 Å². The highest BCUT2D eigenvalue weighted by Gasteiger charge is 2.17. The lowest BCUT2D eigenvalue weighted by Crippen LogP contribution is -2.22. The fourth-order valence-electron chi connectivity index (χ4n) is 2.29. The van der Waals surface area contributed by atoms with Gasteiger partial charge in [-0.3, -0.25) is 4.98 Å². The van der Waals surface area contributed by atoms with Crippen LogP contribution in [0, 0.1) is 0 Å². The molecule has 24 heavy (non-hydrogen) atoms. The second kappa shape index (κ2) is 6.54. The number of nitrogens with zero attached hydrogens (tertiary/aromatic N) is 3. The Bertz CT molecular complexity index is 954. The van der Waals surface area contributed by atoms with Crippen LogP contribution in [-0.2, 0) is 16.6 Å². The maximum absolute atomic E-state index is 12.0. The summed E-state index contributed by atoms with van der Waals surface area (Å²) < 4.78 is 25.2. The van der Waals surface area contributed by atoms with Crippen LogP contribution in [0.4, 0.5) is 5.82 Å². The van der Waals surface area contributed by atoms with Gasteiger partial charge in [-0.25, -0.2) is 17.7 Å². The second-order valence-corrected chi connectivity index (χ2v) is 7.73. The van der Waals surface area contributed by atoms with Crippen molar-refractivity contribution >= 4 is 26.6 Å². The molecule has 3 rings (SSSR count). The number of pyridine rings is 2. The van der Waals surface area contributed by atoms with E-state index in [9.17, 15) is 8.42 Å². The summed E-state index contributed by atoms with van der Waals surface area (Å²) in [5, 5.41) is 5.42. The molecule has 3 aromatic rings. The first-order chi connectivity index (χ1) is 11.5. The predicted octanol–water partition coefficient (Wildman–Crippen LogP) is 2.49. The van der Waals surface area contributed by atoms with E-state index >= 15 is 0 Å². The minimum Gasteiger partial charge on any atom is -0.366 e. The van der Waals surface area contributed by atoms with Crippen molar-refractivity contribution in [2.75, 3.05) is 19.4 Å². The van der Waals surface area contributed by atoms with Crippen molar-refractivity contribution in [3.05, 3.63) is 60.6 Å². The summed E-state index contributed by atoms with van der Waals surface area (Å²) in [7, 11) is -0.457. The zero-order valence-electron chi connectivity index (χ0n) is 13.5. The molecule has 7 heteroatoms. The van der Waals surface area contributed by atoms with E-state index in [-0.39, 0.29) is 4.90 Å². The van der Waals surface area contributed by atoms with Crippen LogP contribution in [0.25, 0.3) is 10.8 Å². The van der Waals surface area contributed by atoms with Crippen LogP contribution in [0.2, 0.25) is 0 Å². The minimum absolute atomic E-state index is 0.176. The van der Waals surface area contributed by atoms with Gasteiger partial charge in [-0.15, -0.1) is 0 Å². The summed E-state index contributed by atoms with van der Waals surface area (Å²) in [5.74, 6) is 0.624. The summed E-state index contributed by atoms with van der Waals surface area (Å²) in [5.41, 5.74) is 1.10. The summed E-state index contributed by atoms with van der Waals surface area (Å²) in [4.78, 5) is 8.48. The smallest absolute Gasteiger partial charge is 0.244 e. The van der Waals surface area contributed by atoms with E-state index in [1.54, 1.807) is 18.3 Å². The maximum Gasteiger partial charge on any atom is 0.244 e. The van der Waals surface area contributed by atoms with Crippen LogP contribution in [0.15, 0.2) is 59.9 Å². The fraction of sp³-hybridized carbons (Fsp3) is 0.176. The van der Waals surface area contributed by atoms with Crippen molar-refractivity contribution in [2.24, 2.45) is 0 Å². The highest BCUT2D eigenvalue weighted by Crippen LogP contribution is 2.17. The van der Waals surface area contributed by atoms with E-state index in [4.69, 9.17) is 0 Å². The molecule has 124 valence electrons. The Kier molecular flexibility index (Phi) is 4.46. The molecule has 1 aromatic carbocycles. The van der Waals surface area contributed by atoms with Crippen molar-refractivity contribution in [3.8, 4) is 0 Å². The zero-order valence-corrected chi connectivity index (χ0v) is 14.3. The van der Waals surface area contributed by atoms with Gasteiger partial charge in [-0.1, -0.05) is 12.1 Å². The molecule has 0 aliphatic carbocycles. The van der Waals surface area contributed by atoms with Crippen LogP contribution < -0.4 is 5.32 Å². The molecule has 0 atom stereocenters. The average Bonchev–Trinajstić information content (AvgIpc) is 2.60. The number of fused-ring (bicyclic) bond motifs is 1. The third-order valence-electron chi connectivity index (χ3n) is 3.69. The molecule has 0 aliphatic rings. The number of sulfonamides is 1. The number of rotatable bonds is 5. The van der Waals surface area contributed by atoms with E-state index in [1.807, 2.05) is 24.4 Å². The lowest BCUT2D eigenvalue weighted by atomic mass is 10.1. The molecular weight excluding hydrogens is 324 g/mol. The van der Waals surface area contributed by atoms with Crippen LogP contribution in [0.3, 0.4) is 0 Å². The Hall–Kier alpha value is -2.51. The lowest BCUT2D eigenvalue weighted by molar-refractivity contribution is 0.520. The van der Waals surface area contributed by atoms with Crippen LogP contribution in [0.5, 0.6) is 0 Å². The number of hydrogen-bond donors (Lipinski definition) is 1. The number of anilines is 1. The predicted molar refractivity (Wildman–Crippen MR) is 94.2 cm³/mol. The zero-order chi connectivity index (χ0) is 17.2. The molecule has 0 spiro atoms. The second-order valence-electron chi connectivity index (χ2n) is 5.58. The SMILES string of the molecule is CN(C)S(=O)(=O)c1ccc(NCc2ccc3ccncc3c2)nc1. The Balaban J connectivity index is 1.72. The van der Waals surface area contributed by atoms with Gasteiger partial charge in [0.25, 0.3) is 0 Å². The lowest BCUT2D eigenvalue weighted by Gasteiger charge is -2.11. The first-order valence-corrected chi connectivity index (χ1v) is 8.86. The quantitative estimate of drug-likeness (QED) is 0.771. The molecule has 0 fully saturated rings. The molecule has 0 bridgehead atoms. The molecule has 2 aromatic heterocycles. The average molecular weight is 342 g/mol. The standard InChI is InChI=1S/C17H18N4O2S/c1-21(2)24(22,23)16-5-6-17(20-12-16)19-10-13-3-4-14-7-8-18-11-15(14)9-13/h3-9,11-12H,10H2,1-2H3,(H,19,20). The van der Waals surface area contributed by atoms with E-state index < -0.39 is 10.0 Å². The molecule has 2 heterocycles. The third kappa shape index (κ3) is 3.37. The van der Waals surface area contributed by atoms with Gasteiger partial charge in [0.1, 0.15) is 10.7 Å². The maximum atomic E-state index is 12.0. The molecular formula is C17H18N4O2S. The fourth-order valence-corrected chi connectivity index (χ4v) is 3.13. The molecule has 0 radical (unpaired) electrons. The Morgan fingerprint density at radius 2 is 1.88 bits per heavy atom. The van der Waals surface area contributed by atoms with Gasteiger partial charge in [0.15, 0.2) is 0 Å². The highest BCUT2D eigenvalue weighted by atomic mass is 32.2. The number of nitrogens with one attached hydrogen (secondary N) is 1. The summed E-state index contributed by atoms with van der Waals surface area (Å²) in [6, 6.07) is 11.3. The van der Waals surface area contributed by atoms with Gasteiger partial charge in [0, 0.05) is 44.6 Å². The topological polar surface area (TPSA) is 75.2 Å². The van der Waals surface area contributed by atoms with Gasteiger partial charge in [0.05, 0.1) is 0 Å². The molecule has 0 aliphatic heterocycles. The van der Waals surface area contributed by atoms with E-state index in [1.165, 1.54) is 24.6 Å². The number of benzene rings is 1. The molecule has 1 N–H and O–H groups in total. The summed E-state index contributed by atoms with van der Waals surface area (Å²) in [6.07, 6.45) is 4.97. The van der Waals surface area contributed by atoms with Crippen LogP contribution >= 0.6 is 0 Å². The Labute approximate surface area is 141 Å². The summed E-state index contributed by atoms with van der Waals surface area (Å²) >= 11 is 0. The first kappa shape index (κ1) is 16.4. The molecule has 0 saturated carbocycles. The van der Waals surface area contributed by atoms with Gasteiger partial charge < -0.3 is 5.32 Å². The van der Waals surface area contributed by atoms with Crippen molar-refractivity contribution < 1.29 is 8.42 Å².